The summed E-state index contributed by atoms with van der Waals surface area (Å²) in [4.78, 5) is 65.6. The van der Waals surface area contributed by atoms with Crippen LogP contribution in [0.5, 0.6) is 0 Å². The Morgan fingerprint density at radius 2 is 1.43 bits per heavy atom. The average molecular weight is 712 g/mol. The molecule has 0 aliphatic heterocycles. The van der Waals surface area contributed by atoms with E-state index in [0.29, 0.717) is 24.1 Å². The maximum atomic E-state index is 13.7. The van der Waals surface area contributed by atoms with Crippen molar-refractivity contribution in [2.75, 3.05) is 25.1 Å². The molecule has 16 heteroatoms. The Balaban J connectivity index is 3.14. The number of likely N-dealkylation sites (N-methyl/N-ethyl adjacent to an activating group) is 1. The van der Waals surface area contributed by atoms with Crippen LogP contribution < -0.4 is 36.6 Å². The molecular weight excluding hydrogens is 654 g/mol. The third-order valence-electron chi connectivity index (χ3n) is 8.02. The van der Waals surface area contributed by atoms with E-state index >= 15 is 0 Å². The van der Waals surface area contributed by atoms with Crippen LogP contribution in [0.15, 0.2) is 24.5 Å². The molecule has 49 heavy (non-hydrogen) atoms. The molecule has 0 aliphatic carbocycles. The molecule has 0 bridgehead atoms. The van der Waals surface area contributed by atoms with Crippen LogP contribution in [-0.2, 0) is 29.0 Å². The molecule has 278 valence electrons. The highest BCUT2D eigenvalue weighted by atomic mass is 32.2. The summed E-state index contributed by atoms with van der Waals surface area (Å²) in [6.07, 6.45) is 4.13. The van der Waals surface area contributed by atoms with Gasteiger partial charge in [-0.15, -0.1) is 0 Å². The molecule has 1 rings (SSSR count). The van der Waals surface area contributed by atoms with Gasteiger partial charge in [-0.25, -0.2) is 8.42 Å². The van der Waals surface area contributed by atoms with Gasteiger partial charge in [-0.3, -0.25) is 24.0 Å². The Morgan fingerprint density at radius 1 is 0.816 bits per heavy atom. The van der Waals surface area contributed by atoms with E-state index in [9.17, 15) is 37.6 Å². The van der Waals surface area contributed by atoms with Gasteiger partial charge in [0.25, 0.3) is 5.91 Å². The summed E-state index contributed by atoms with van der Waals surface area (Å²) in [5, 5.41) is 28.3. The second-order valence-electron chi connectivity index (χ2n) is 13.4. The van der Waals surface area contributed by atoms with Crippen molar-refractivity contribution in [2.24, 2.45) is 17.8 Å². The SMILES string of the molecule is CCNC(=O)[C@@H](NC(=O)[C@H](C)NC[C@H](CC(C)C)NC(=O)[C@H](CCS(C)(=O)=O)NC(=O)[C@@H](NC(=O)c1cc[n+]([O-])cc1)[C@@H](C)CC)C(C)C. The van der Waals surface area contributed by atoms with Crippen molar-refractivity contribution in [1.82, 2.24) is 31.9 Å². The number of amides is 5. The first-order valence-electron chi connectivity index (χ1n) is 16.9. The summed E-state index contributed by atoms with van der Waals surface area (Å²) < 4.78 is 24.7. The Labute approximate surface area is 291 Å². The van der Waals surface area contributed by atoms with Gasteiger partial charge < -0.3 is 37.1 Å². The largest absolute Gasteiger partial charge is 0.619 e. The van der Waals surface area contributed by atoms with Crippen LogP contribution in [0.25, 0.3) is 0 Å². The average Bonchev–Trinajstić information content (AvgIpc) is 3.01. The number of aromatic nitrogens is 1. The Kier molecular flexibility index (Phi) is 18.2. The molecule has 0 aliphatic rings. The number of pyridine rings is 1. The van der Waals surface area contributed by atoms with E-state index in [-0.39, 0.29) is 47.9 Å². The highest BCUT2D eigenvalue weighted by Gasteiger charge is 2.32. The molecule has 0 unspecified atom stereocenters. The predicted octanol–water partition coefficient (Wildman–Crippen LogP) is 0.170. The maximum absolute atomic E-state index is 13.7. The lowest BCUT2D eigenvalue weighted by atomic mass is 9.97. The zero-order chi connectivity index (χ0) is 37.5. The number of nitrogens with one attached hydrogen (secondary N) is 6. The molecule has 1 heterocycles. The first-order valence-corrected chi connectivity index (χ1v) is 18.9. The zero-order valence-electron chi connectivity index (χ0n) is 30.3. The number of hydrogen-bond donors (Lipinski definition) is 6. The van der Waals surface area contributed by atoms with E-state index in [4.69, 9.17) is 0 Å². The molecule has 0 spiro atoms. The van der Waals surface area contributed by atoms with Gasteiger partial charge in [0.05, 0.1) is 17.4 Å². The van der Waals surface area contributed by atoms with E-state index < -0.39 is 63.7 Å². The second-order valence-corrected chi connectivity index (χ2v) is 15.6. The van der Waals surface area contributed by atoms with E-state index in [2.05, 4.69) is 31.9 Å². The van der Waals surface area contributed by atoms with E-state index in [1.807, 2.05) is 34.6 Å². The smallest absolute Gasteiger partial charge is 0.252 e. The second kappa shape index (κ2) is 20.7. The Hall–Kier alpha value is -3.79. The molecule has 6 N–H and O–H groups in total. The highest BCUT2D eigenvalue weighted by molar-refractivity contribution is 7.90. The quantitative estimate of drug-likeness (QED) is 0.0756. The third kappa shape index (κ3) is 16.0. The molecule has 0 radical (unpaired) electrons. The molecule has 5 amide bonds. The number of hydrogen-bond acceptors (Lipinski definition) is 9. The van der Waals surface area contributed by atoms with E-state index in [1.54, 1.807) is 20.8 Å². The number of nitrogens with zero attached hydrogens (tertiary/aromatic N) is 1. The maximum Gasteiger partial charge on any atom is 0.252 e. The predicted molar refractivity (Wildman–Crippen MR) is 187 cm³/mol. The van der Waals surface area contributed by atoms with Crippen molar-refractivity contribution >= 4 is 39.4 Å². The first-order chi connectivity index (χ1) is 22.8. The number of sulfone groups is 1. The summed E-state index contributed by atoms with van der Waals surface area (Å²) >= 11 is 0. The summed E-state index contributed by atoms with van der Waals surface area (Å²) in [5.41, 5.74) is 0.162. The lowest BCUT2D eigenvalue weighted by Gasteiger charge is -2.29. The zero-order valence-corrected chi connectivity index (χ0v) is 31.1. The molecule has 0 fully saturated rings. The van der Waals surface area contributed by atoms with Crippen molar-refractivity contribution in [3.8, 4) is 0 Å². The van der Waals surface area contributed by atoms with Crippen molar-refractivity contribution in [2.45, 2.75) is 105 Å². The topological polar surface area (TPSA) is 219 Å². The third-order valence-corrected chi connectivity index (χ3v) is 9.00. The number of carbonyl (C=O) groups is 5. The summed E-state index contributed by atoms with van der Waals surface area (Å²) in [7, 11) is -3.51. The lowest BCUT2D eigenvalue weighted by Crippen LogP contribution is -2.58. The molecule has 0 saturated heterocycles. The van der Waals surface area contributed by atoms with Gasteiger partial charge >= 0.3 is 0 Å². The molecule has 1 aromatic rings. The van der Waals surface area contributed by atoms with Gasteiger partial charge in [-0.2, -0.15) is 4.73 Å². The molecule has 15 nitrogen and oxygen atoms in total. The fourth-order valence-corrected chi connectivity index (χ4v) is 5.59. The summed E-state index contributed by atoms with van der Waals surface area (Å²) in [5.74, 6) is -3.30. The van der Waals surface area contributed by atoms with E-state index in [1.165, 1.54) is 12.1 Å². The van der Waals surface area contributed by atoms with Crippen molar-refractivity contribution in [3.63, 3.8) is 0 Å². The fraction of sp³-hybridized carbons (Fsp3) is 0.697. The van der Waals surface area contributed by atoms with Crippen LogP contribution in [0, 0.1) is 23.0 Å². The van der Waals surface area contributed by atoms with Crippen LogP contribution in [0.4, 0.5) is 0 Å². The molecule has 6 atom stereocenters. The fourth-order valence-electron chi connectivity index (χ4n) is 4.93. The van der Waals surface area contributed by atoms with Gasteiger partial charge in [0.15, 0.2) is 12.4 Å². The van der Waals surface area contributed by atoms with Crippen LogP contribution in [0.1, 0.15) is 85.0 Å². The van der Waals surface area contributed by atoms with Crippen LogP contribution in [0.3, 0.4) is 0 Å². The van der Waals surface area contributed by atoms with E-state index in [0.717, 1.165) is 18.6 Å². The first kappa shape index (κ1) is 43.2. The molecule has 0 saturated carbocycles. The Morgan fingerprint density at radius 3 is 1.94 bits per heavy atom. The minimum atomic E-state index is -3.51. The van der Waals surface area contributed by atoms with Gasteiger partial charge in [0.1, 0.15) is 28.0 Å². The lowest BCUT2D eigenvalue weighted by molar-refractivity contribution is -0.605. The van der Waals surface area contributed by atoms with Crippen LogP contribution in [-0.4, -0.2) is 93.3 Å². The highest BCUT2D eigenvalue weighted by Crippen LogP contribution is 2.12. The van der Waals surface area contributed by atoms with Crippen LogP contribution in [0.2, 0.25) is 0 Å². The molecular formula is C33H57N7O8S. The van der Waals surface area contributed by atoms with Crippen molar-refractivity contribution in [3.05, 3.63) is 35.3 Å². The Bertz CT molecular complexity index is 1350. The summed E-state index contributed by atoms with van der Waals surface area (Å²) in [6.45, 7) is 15.2. The molecule has 1 aromatic heterocycles. The van der Waals surface area contributed by atoms with Gasteiger partial charge in [0.2, 0.25) is 23.6 Å². The molecule has 0 aromatic carbocycles. The van der Waals surface area contributed by atoms with Crippen molar-refractivity contribution < 1.29 is 37.1 Å². The number of carbonyl (C=O) groups excluding carboxylic acids is 5. The minimum absolute atomic E-state index is 0.127. The summed E-state index contributed by atoms with van der Waals surface area (Å²) in [6, 6.07) is -1.62. The monoisotopic (exact) mass is 711 g/mol. The van der Waals surface area contributed by atoms with Crippen LogP contribution >= 0.6 is 0 Å². The van der Waals surface area contributed by atoms with Crippen molar-refractivity contribution in [1.29, 1.82) is 0 Å². The minimum Gasteiger partial charge on any atom is -0.619 e. The van der Waals surface area contributed by atoms with Gasteiger partial charge in [-0.05, 0) is 44.4 Å². The van der Waals surface area contributed by atoms with Gasteiger partial charge in [-0.1, -0.05) is 48.0 Å². The number of rotatable bonds is 21. The van der Waals surface area contributed by atoms with Gasteiger partial charge in [0, 0.05) is 37.5 Å². The normalized spacial score (nSPS) is 15.3. The standard InChI is InChI=1S/C33H57N7O8S/c1-10-22(7)28(39-30(42)24-12-15-40(46)16-13-24)33(45)37-26(14-17-49(9,47)48)31(43)36-25(18-20(3)4)19-35-23(8)29(41)38-27(21(5)6)32(44)34-11-2/h12-13,15-16,20-23,25-28,35H,10-11,14,17-19H2,1-9H3,(H,34,44)(H,36,43)(H,37,45)(H,38,41)(H,39,42)/t22-,23-,25-,26-,27-,28-/m0/s1.